The fourth-order valence-corrected chi connectivity index (χ4v) is 2.09. The second-order valence-corrected chi connectivity index (χ2v) is 5.41. The normalized spacial score (nSPS) is 10.7. The van der Waals surface area contributed by atoms with Crippen LogP contribution in [0, 0.1) is 20.8 Å². The number of rotatable bonds is 5. The Kier molecular flexibility index (Phi) is 5.36. The number of phenolic OH excluding ortho intramolecular Hbond substituents is 1. The summed E-state index contributed by atoms with van der Waals surface area (Å²) in [5.74, 6) is 0.416. The highest BCUT2D eigenvalue weighted by atomic mass is 16.5. The molecule has 2 rings (SSSR count). The Bertz CT molecular complexity index is 739. The van der Waals surface area contributed by atoms with E-state index < -0.39 is 0 Å². The molecule has 0 aromatic heterocycles. The Morgan fingerprint density at radius 1 is 1.17 bits per heavy atom. The molecular formula is C18H20N2O3. The van der Waals surface area contributed by atoms with Crippen molar-refractivity contribution in [1.82, 2.24) is 5.43 Å². The van der Waals surface area contributed by atoms with Gasteiger partial charge in [-0.05, 0) is 44.5 Å². The lowest BCUT2D eigenvalue weighted by molar-refractivity contribution is -0.123. The maximum atomic E-state index is 11.7. The van der Waals surface area contributed by atoms with E-state index in [1.807, 2.05) is 39.0 Å². The molecule has 0 bridgehead atoms. The van der Waals surface area contributed by atoms with E-state index in [2.05, 4.69) is 10.5 Å². The summed E-state index contributed by atoms with van der Waals surface area (Å²) >= 11 is 0. The maximum Gasteiger partial charge on any atom is 0.277 e. The number of hydrogen-bond acceptors (Lipinski definition) is 4. The van der Waals surface area contributed by atoms with E-state index >= 15 is 0 Å². The molecule has 0 radical (unpaired) electrons. The van der Waals surface area contributed by atoms with Gasteiger partial charge in [-0.15, -0.1) is 0 Å². The van der Waals surface area contributed by atoms with Crippen LogP contribution in [0.3, 0.4) is 0 Å². The Hall–Kier alpha value is -2.82. The van der Waals surface area contributed by atoms with E-state index in [9.17, 15) is 9.90 Å². The molecule has 0 aliphatic rings. The average molecular weight is 312 g/mol. The molecule has 0 fully saturated rings. The van der Waals surface area contributed by atoms with Gasteiger partial charge >= 0.3 is 0 Å². The number of aryl methyl sites for hydroxylation is 3. The van der Waals surface area contributed by atoms with Crippen molar-refractivity contribution in [2.45, 2.75) is 20.8 Å². The summed E-state index contributed by atoms with van der Waals surface area (Å²) in [5.41, 5.74) is 6.03. The second kappa shape index (κ2) is 7.45. The number of phenols is 1. The van der Waals surface area contributed by atoms with E-state index in [1.54, 1.807) is 18.2 Å². The van der Waals surface area contributed by atoms with Gasteiger partial charge < -0.3 is 9.84 Å². The van der Waals surface area contributed by atoms with Crippen LogP contribution in [0.5, 0.6) is 11.5 Å². The molecule has 120 valence electrons. The standard InChI is InChI=1S/C18H20N2O3/c1-12-5-7-17(14(3)8-12)23-11-18(22)20-19-10-15-9-13(2)4-6-16(15)21/h4-10,21H,11H2,1-3H3,(H,20,22). The van der Waals surface area contributed by atoms with Gasteiger partial charge in [0.1, 0.15) is 11.5 Å². The van der Waals surface area contributed by atoms with Gasteiger partial charge in [-0.1, -0.05) is 29.3 Å². The van der Waals surface area contributed by atoms with E-state index in [0.717, 1.165) is 16.7 Å². The topological polar surface area (TPSA) is 70.9 Å². The summed E-state index contributed by atoms with van der Waals surface area (Å²) in [5, 5.41) is 13.5. The number of aromatic hydroxyl groups is 1. The molecule has 0 heterocycles. The van der Waals surface area contributed by atoms with Gasteiger partial charge in [0.15, 0.2) is 6.61 Å². The molecule has 0 aliphatic heterocycles. The van der Waals surface area contributed by atoms with Gasteiger partial charge in [0, 0.05) is 5.56 Å². The minimum absolute atomic E-state index is 0.111. The summed E-state index contributed by atoms with van der Waals surface area (Å²) in [6.07, 6.45) is 1.40. The number of nitrogens with one attached hydrogen (secondary N) is 1. The van der Waals surface area contributed by atoms with E-state index in [-0.39, 0.29) is 18.3 Å². The van der Waals surface area contributed by atoms with Crippen LogP contribution in [0.4, 0.5) is 0 Å². The third kappa shape index (κ3) is 4.85. The largest absolute Gasteiger partial charge is 0.507 e. The fraction of sp³-hybridized carbons (Fsp3) is 0.222. The Morgan fingerprint density at radius 2 is 1.87 bits per heavy atom. The molecule has 23 heavy (non-hydrogen) atoms. The van der Waals surface area contributed by atoms with Gasteiger partial charge in [-0.3, -0.25) is 4.79 Å². The Balaban J connectivity index is 1.87. The highest BCUT2D eigenvalue weighted by Crippen LogP contribution is 2.18. The van der Waals surface area contributed by atoms with Crippen LogP contribution in [-0.2, 0) is 4.79 Å². The molecular weight excluding hydrogens is 292 g/mol. The molecule has 1 amide bonds. The number of ether oxygens (including phenoxy) is 1. The molecule has 0 atom stereocenters. The van der Waals surface area contributed by atoms with Gasteiger partial charge in [0.25, 0.3) is 5.91 Å². The van der Waals surface area contributed by atoms with Crippen molar-refractivity contribution in [1.29, 1.82) is 0 Å². The van der Waals surface area contributed by atoms with Crippen molar-refractivity contribution in [3.63, 3.8) is 0 Å². The lowest BCUT2D eigenvalue weighted by Gasteiger charge is -2.08. The zero-order valence-corrected chi connectivity index (χ0v) is 13.5. The number of amides is 1. The van der Waals surface area contributed by atoms with Gasteiger partial charge in [0.2, 0.25) is 0 Å². The molecule has 0 unspecified atom stereocenters. The van der Waals surface area contributed by atoms with E-state index in [0.29, 0.717) is 11.3 Å². The smallest absolute Gasteiger partial charge is 0.277 e. The first-order valence-electron chi connectivity index (χ1n) is 7.27. The average Bonchev–Trinajstić information content (AvgIpc) is 2.50. The van der Waals surface area contributed by atoms with E-state index in [4.69, 9.17) is 4.74 Å². The first kappa shape index (κ1) is 16.5. The van der Waals surface area contributed by atoms with Crippen molar-refractivity contribution in [3.05, 3.63) is 58.7 Å². The van der Waals surface area contributed by atoms with Crippen molar-refractivity contribution in [2.75, 3.05) is 6.61 Å². The molecule has 0 aliphatic carbocycles. The highest BCUT2D eigenvalue weighted by Gasteiger charge is 2.04. The quantitative estimate of drug-likeness (QED) is 0.659. The van der Waals surface area contributed by atoms with Crippen LogP contribution in [0.25, 0.3) is 0 Å². The van der Waals surface area contributed by atoms with Crippen LogP contribution in [-0.4, -0.2) is 23.8 Å². The SMILES string of the molecule is Cc1ccc(OCC(=O)NN=Cc2cc(C)ccc2O)c(C)c1. The molecule has 5 heteroatoms. The Labute approximate surface area is 135 Å². The molecule has 0 spiro atoms. The molecule has 0 saturated heterocycles. The fourth-order valence-electron chi connectivity index (χ4n) is 2.09. The number of benzene rings is 2. The third-order valence-electron chi connectivity index (χ3n) is 3.27. The molecule has 0 saturated carbocycles. The minimum atomic E-state index is -0.367. The molecule has 2 aromatic carbocycles. The first-order valence-corrected chi connectivity index (χ1v) is 7.27. The highest BCUT2D eigenvalue weighted by molar-refractivity contribution is 5.85. The van der Waals surface area contributed by atoms with Crippen LogP contribution >= 0.6 is 0 Å². The van der Waals surface area contributed by atoms with Crippen LogP contribution in [0.15, 0.2) is 41.5 Å². The summed E-state index contributed by atoms with van der Waals surface area (Å²) in [6.45, 7) is 5.71. The zero-order valence-electron chi connectivity index (χ0n) is 13.5. The minimum Gasteiger partial charge on any atom is -0.507 e. The Morgan fingerprint density at radius 3 is 2.61 bits per heavy atom. The van der Waals surface area contributed by atoms with Crippen LogP contribution in [0.1, 0.15) is 22.3 Å². The van der Waals surface area contributed by atoms with Crippen molar-refractivity contribution in [3.8, 4) is 11.5 Å². The molecule has 2 aromatic rings. The second-order valence-electron chi connectivity index (χ2n) is 5.41. The lowest BCUT2D eigenvalue weighted by atomic mass is 10.1. The van der Waals surface area contributed by atoms with Crippen LogP contribution < -0.4 is 10.2 Å². The molecule has 2 N–H and O–H groups in total. The maximum absolute atomic E-state index is 11.7. The summed E-state index contributed by atoms with van der Waals surface area (Å²) in [6, 6.07) is 10.9. The van der Waals surface area contributed by atoms with Crippen molar-refractivity contribution < 1.29 is 14.6 Å². The van der Waals surface area contributed by atoms with E-state index in [1.165, 1.54) is 6.21 Å². The number of carbonyl (C=O) groups excluding carboxylic acids is 1. The van der Waals surface area contributed by atoms with Crippen molar-refractivity contribution in [2.24, 2.45) is 5.10 Å². The van der Waals surface area contributed by atoms with Gasteiger partial charge in [0.05, 0.1) is 6.21 Å². The monoisotopic (exact) mass is 312 g/mol. The van der Waals surface area contributed by atoms with Crippen molar-refractivity contribution >= 4 is 12.1 Å². The lowest BCUT2D eigenvalue weighted by Crippen LogP contribution is -2.24. The van der Waals surface area contributed by atoms with Gasteiger partial charge in [-0.2, -0.15) is 5.10 Å². The van der Waals surface area contributed by atoms with Gasteiger partial charge in [-0.25, -0.2) is 5.43 Å². The van der Waals surface area contributed by atoms with Crippen LogP contribution in [0.2, 0.25) is 0 Å². The number of hydrogen-bond donors (Lipinski definition) is 2. The summed E-state index contributed by atoms with van der Waals surface area (Å²) in [4.78, 5) is 11.7. The predicted octanol–water partition coefficient (Wildman–Crippen LogP) is 2.85. The summed E-state index contributed by atoms with van der Waals surface area (Å²) in [7, 11) is 0. The zero-order chi connectivity index (χ0) is 16.8. The summed E-state index contributed by atoms with van der Waals surface area (Å²) < 4.78 is 5.46. The predicted molar refractivity (Wildman–Crippen MR) is 90.0 cm³/mol. The number of hydrazone groups is 1. The first-order chi connectivity index (χ1) is 11.0. The number of nitrogens with zero attached hydrogens (tertiary/aromatic N) is 1. The third-order valence-corrected chi connectivity index (χ3v) is 3.27. The number of carbonyl (C=O) groups is 1. The molecule has 5 nitrogen and oxygen atoms in total.